The second kappa shape index (κ2) is 15.0. The van der Waals surface area contributed by atoms with Gasteiger partial charge in [-0.15, -0.1) is 0 Å². The van der Waals surface area contributed by atoms with Crippen LogP contribution in [0, 0.1) is 0 Å². The van der Waals surface area contributed by atoms with E-state index in [1.165, 1.54) is 0 Å². The monoisotopic (exact) mass is 636 g/mol. The van der Waals surface area contributed by atoms with Crippen LogP contribution in [0.15, 0.2) is 112 Å². The van der Waals surface area contributed by atoms with E-state index in [9.17, 15) is 15.9 Å². The highest BCUT2D eigenvalue weighted by Gasteiger charge is 2.54. The third-order valence-corrected chi connectivity index (χ3v) is 7.58. The van der Waals surface area contributed by atoms with Crippen LogP contribution in [-0.4, -0.2) is 35.7 Å². The van der Waals surface area contributed by atoms with Gasteiger partial charge in [0.15, 0.2) is 11.6 Å². The number of hydrogen-bond donors (Lipinski definition) is 2. The van der Waals surface area contributed by atoms with E-state index in [2.05, 4.69) is 25.4 Å². The van der Waals surface area contributed by atoms with Crippen LogP contribution < -0.4 is 10.1 Å². The molecule has 0 bridgehead atoms. The van der Waals surface area contributed by atoms with Crippen molar-refractivity contribution < 1.29 is 19.4 Å². The van der Waals surface area contributed by atoms with Gasteiger partial charge in [0.1, 0.15) is 5.75 Å². The van der Waals surface area contributed by atoms with Gasteiger partial charge in [-0.05, 0) is 58.6 Å². The number of nitrogens with one attached hydrogen (secondary N) is 1. The summed E-state index contributed by atoms with van der Waals surface area (Å²) >= 11 is 6.20. The first-order chi connectivity index (χ1) is 22.5. The fraction of sp³-hybridized carbons (Fsp3) is 0.212. The standard InChI is InChI=1S/C33H29ClN8O4/c34-25-9-5-7-22(19-25)21-37-32(44)33(20-24-8-1-3-11-28(24)39-41-35)30(27-10-2-4-12-29(27)40-42-36)46-31(38-33)23-13-15-26(16-14-23)45-18-6-17-43/h1-5,7-16,19,30,43H,6,17-18,20-21H2,(H,37,44)/t30-,33-/m1/s1. The van der Waals surface area contributed by atoms with Gasteiger partial charge in [0, 0.05) is 63.3 Å². The van der Waals surface area contributed by atoms with E-state index in [4.69, 9.17) is 31.2 Å². The Balaban J connectivity index is 1.64. The predicted octanol–water partition coefficient (Wildman–Crippen LogP) is 7.80. The third kappa shape index (κ3) is 7.23. The molecule has 1 aliphatic rings. The Labute approximate surface area is 269 Å². The Morgan fingerprint density at radius 1 is 0.978 bits per heavy atom. The van der Waals surface area contributed by atoms with Crippen LogP contribution in [0.4, 0.5) is 11.4 Å². The van der Waals surface area contributed by atoms with Crippen LogP contribution in [0.1, 0.15) is 34.8 Å². The molecule has 13 heteroatoms. The summed E-state index contributed by atoms with van der Waals surface area (Å²) in [6.07, 6.45) is -0.582. The Morgan fingerprint density at radius 2 is 1.70 bits per heavy atom. The summed E-state index contributed by atoms with van der Waals surface area (Å²) < 4.78 is 12.2. The maximum atomic E-state index is 14.6. The molecule has 2 N–H and O–H groups in total. The maximum Gasteiger partial charge on any atom is 0.252 e. The minimum absolute atomic E-state index is 0.0195. The molecule has 12 nitrogen and oxygen atoms in total. The molecule has 46 heavy (non-hydrogen) atoms. The quantitative estimate of drug-likeness (QED) is 0.0658. The molecule has 2 atom stereocenters. The lowest BCUT2D eigenvalue weighted by Gasteiger charge is -2.32. The van der Waals surface area contributed by atoms with Crippen molar-refractivity contribution in [2.45, 2.75) is 31.0 Å². The van der Waals surface area contributed by atoms with Crippen molar-refractivity contribution >= 4 is 34.8 Å². The van der Waals surface area contributed by atoms with Crippen molar-refractivity contribution in [3.05, 3.63) is 145 Å². The van der Waals surface area contributed by atoms with Crippen molar-refractivity contribution in [3.8, 4) is 5.75 Å². The van der Waals surface area contributed by atoms with E-state index in [1.54, 1.807) is 91.0 Å². The van der Waals surface area contributed by atoms with Gasteiger partial charge in [-0.3, -0.25) is 4.79 Å². The number of benzene rings is 4. The molecule has 4 aromatic rings. The highest BCUT2D eigenvalue weighted by Crippen LogP contribution is 2.46. The molecule has 1 amide bonds. The molecular weight excluding hydrogens is 608 g/mol. The molecule has 232 valence electrons. The lowest BCUT2D eigenvalue weighted by Crippen LogP contribution is -2.49. The lowest BCUT2D eigenvalue weighted by atomic mass is 9.81. The van der Waals surface area contributed by atoms with Crippen LogP contribution in [0.25, 0.3) is 20.9 Å². The van der Waals surface area contributed by atoms with Crippen molar-refractivity contribution in [2.24, 2.45) is 15.2 Å². The van der Waals surface area contributed by atoms with Gasteiger partial charge in [0.25, 0.3) is 5.91 Å². The largest absolute Gasteiger partial charge is 0.494 e. The number of azide groups is 2. The number of aliphatic imine (C=N–C) groups is 1. The molecule has 1 aliphatic heterocycles. The highest BCUT2D eigenvalue weighted by atomic mass is 35.5. The summed E-state index contributed by atoms with van der Waals surface area (Å²) in [6.45, 7) is 0.520. The Morgan fingerprint density at radius 3 is 2.43 bits per heavy atom. The number of ether oxygens (including phenoxy) is 2. The number of carbonyl (C=O) groups is 1. The molecule has 0 aromatic heterocycles. The predicted molar refractivity (Wildman–Crippen MR) is 174 cm³/mol. The van der Waals surface area contributed by atoms with E-state index in [-0.39, 0.29) is 31.2 Å². The zero-order valence-corrected chi connectivity index (χ0v) is 25.3. The topological polar surface area (TPSA) is 178 Å². The maximum absolute atomic E-state index is 14.6. The summed E-state index contributed by atoms with van der Waals surface area (Å²) in [5, 5.41) is 20.3. The minimum Gasteiger partial charge on any atom is -0.494 e. The van der Waals surface area contributed by atoms with Gasteiger partial charge in [-0.1, -0.05) is 82.5 Å². The Hall–Kier alpha value is -5.51. The van der Waals surface area contributed by atoms with E-state index in [1.807, 2.05) is 6.07 Å². The first-order valence-electron chi connectivity index (χ1n) is 14.4. The average molecular weight is 637 g/mol. The highest BCUT2D eigenvalue weighted by molar-refractivity contribution is 6.30. The summed E-state index contributed by atoms with van der Waals surface area (Å²) in [4.78, 5) is 25.5. The number of carbonyl (C=O) groups excluding carboxylic acids is 1. The molecule has 4 aromatic carbocycles. The average Bonchev–Trinajstić information content (AvgIpc) is 3.46. The zero-order chi connectivity index (χ0) is 32.4. The van der Waals surface area contributed by atoms with Gasteiger partial charge in [-0.25, -0.2) is 4.99 Å². The molecule has 0 spiro atoms. The molecule has 0 aliphatic carbocycles. The second-order valence-corrected chi connectivity index (χ2v) is 10.8. The van der Waals surface area contributed by atoms with Crippen LogP contribution >= 0.6 is 11.6 Å². The fourth-order valence-electron chi connectivity index (χ4n) is 5.19. The van der Waals surface area contributed by atoms with Crippen LogP contribution in [-0.2, 0) is 22.5 Å². The van der Waals surface area contributed by atoms with E-state index >= 15 is 0 Å². The Kier molecular flexibility index (Phi) is 10.4. The van der Waals surface area contributed by atoms with Crippen LogP contribution in [0.3, 0.4) is 0 Å². The molecule has 0 radical (unpaired) electrons. The van der Waals surface area contributed by atoms with E-state index < -0.39 is 17.6 Å². The van der Waals surface area contributed by atoms with E-state index in [0.29, 0.717) is 46.2 Å². The van der Waals surface area contributed by atoms with Crippen molar-refractivity contribution in [1.82, 2.24) is 5.32 Å². The van der Waals surface area contributed by atoms with Gasteiger partial charge < -0.3 is 19.9 Å². The molecule has 0 saturated heterocycles. The van der Waals surface area contributed by atoms with Crippen molar-refractivity contribution in [1.29, 1.82) is 0 Å². The molecule has 0 saturated carbocycles. The number of hydrogen-bond acceptors (Lipinski definition) is 7. The third-order valence-electron chi connectivity index (χ3n) is 7.35. The van der Waals surface area contributed by atoms with Crippen molar-refractivity contribution in [3.63, 3.8) is 0 Å². The number of rotatable bonds is 13. The minimum atomic E-state index is -1.65. The lowest BCUT2D eigenvalue weighted by molar-refractivity contribution is -0.129. The van der Waals surface area contributed by atoms with Gasteiger partial charge >= 0.3 is 0 Å². The number of nitrogens with zero attached hydrogens (tertiary/aromatic N) is 7. The fourth-order valence-corrected chi connectivity index (χ4v) is 5.40. The molecule has 0 unspecified atom stereocenters. The summed E-state index contributed by atoms with van der Waals surface area (Å²) in [6, 6.07) is 27.9. The van der Waals surface area contributed by atoms with Gasteiger partial charge in [-0.2, -0.15) is 0 Å². The zero-order valence-electron chi connectivity index (χ0n) is 24.5. The van der Waals surface area contributed by atoms with E-state index in [0.717, 1.165) is 5.56 Å². The number of aliphatic hydroxyl groups is 1. The molecule has 1 heterocycles. The first kappa shape index (κ1) is 31.9. The summed E-state index contributed by atoms with van der Waals surface area (Å²) in [5.41, 5.74) is 19.9. The molecular formula is C33H29ClN8O4. The number of aliphatic hydroxyl groups excluding tert-OH is 1. The first-order valence-corrected chi connectivity index (χ1v) is 14.8. The normalized spacial score (nSPS) is 16.7. The van der Waals surface area contributed by atoms with Crippen LogP contribution in [0.5, 0.6) is 5.75 Å². The summed E-state index contributed by atoms with van der Waals surface area (Å²) in [5.74, 6) is 0.305. The Bertz CT molecular complexity index is 1840. The molecule has 5 rings (SSSR count). The van der Waals surface area contributed by atoms with Gasteiger partial charge in [0.05, 0.1) is 6.61 Å². The molecule has 0 fully saturated rings. The van der Waals surface area contributed by atoms with Gasteiger partial charge in [0.2, 0.25) is 5.90 Å². The summed E-state index contributed by atoms with van der Waals surface area (Å²) in [7, 11) is 0. The SMILES string of the molecule is [N-]=[N+]=Nc1ccccc1C[C@@]1(C(=O)NCc2cccc(Cl)c2)N=C(c2ccc(OCCCO)cc2)O[C@@H]1c1ccccc1N=[N+]=[N-]. The van der Waals surface area contributed by atoms with Crippen molar-refractivity contribution in [2.75, 3.05) is 13.2 Å². The number of amides is 1. The number of halogens is 1. The second-order valence-electron chi connectivity index (χ2n) is 10.3. The van der Waals surface area contributed by atoms with Crippen LogP contribution in [0.2, 0.25) is 5.02 Å². The smallest absolute Gasteiger partial charge is 0.252 e.